The first kappa shape index (κ1) is 18.8. The van der Waals surface area contributed by atoms with Crippen LogP contribution in [0.2, 0.25) is 0 Å². The molecule has 1 N–H and O–H groups in total. The van der Waals surface area contributed by atoms with Crippen molar-refractivity contribution in [2.24, 2.45) is 0 Å². The third-order valence-corrected chi connectivity index (χ3v) is 4.45. The number of hydrogen-bond donors (Lipinski definition) is 1. The van der Waals surface area contributed by atoms with Crippen molar-refractivity contribution in [3.05, 3.63) is 59.0 Å². The molecule has 0 atom stereocenters. The number of hydrogen-bond acceptors (Lipinski definition) is 5. The lowest BCUT2D eigenvalue weighted by molar-refractivity contribution is -0.274. The molecule has 0 unspecified atom stereocenters. The van der Waals surface area contributed by atoms with Crippen molar-refractivity contribution in [1.29, 1.82) is 5.41 Å². The number of rotatable bonds is 4. The van der Waals surface area contributed by atoms with Crippen molar-refractivity contribution in [2.75, 3.05) is 12.0 Å². The van der Waals surface area contributed by atoms with Gasteiger partial charge in [-0.05, 0) is 59.8 Å². The van der Waals surface area contributed by atoms with Crippen molar-refractivity contribution >= 4 is 34.6 Å². The monoisotopic (exact) mass is 394 g/mol. The Morgan fingerprint density at radius 1 is 1.04 bits per heavy atom. The van der Waals surface area contributed by atoms with Gasteiger partial charge >= 0.3 is 6.36 Å². The zero-order valence-electron chi connectivity index (χ0n) is 13.9. The Morgan fingerprint density at radius 3 is 2.19 bits per heavy atom. The third kappa shape index (κ3) is 4.43. The van der Waals surface area contributed by atoms with E-state index in [1.54, 1.807) is 37.5 Å². The second-order valence-electron chi connectivity index (χ2n) is 5.37. The van der Waals surface area contributed by atoms with Gasteiger partial charge < -0.3 is 9.47 Å². The molecule has 0 aliphatic carbocycles. The van der Waals surface area contributed by atoms with Crippen LogP contribution in [0.15, 0.2) is 53.4 Å². The molecule has 0 aromatic heterocycles. The highest BCUT2D eigenvalue weighted by Crippen LogP contribution is 2.36. The number of alkyl halides is 3. The maximum absolute atomic E-state index is 12.6. The quantitative estimate of drug-likeness (QED) is 0.767. The molecule has 2 aromatic carbocycles. The summed E-state index contributed by atoms with van der Waals surface area (Å²) in [6, 6.07) is 11.8. The molecular weight excluding hydrogens is 381 g/mol. The predicted octanol–water partition coefficient (Wildman–Crippen LogP) is 4.65. The number of amides is 1. The molecule has 1 aliphatic rings. The number of nitrogens with zero attached hydrogens (tertiary/aromatic N) is 1. The van der Waals surface area contributed by atoms with Gasteiger partial charge in [0.1, 0.15) is 11.5 Å². The maximum Gasteiger partial charge on any atom is 0.573 e. The van der Waals surface area contributed by atoms with E-state index < -0.39 is 18.0 Å². The minimum Gasteiger partial charge on any atom is -0.497 e. The Balaban J connectivity index is 1.80. The molecule has 1 amide bonds. The van der Waals surface area contributed by atoms with Crippen LogP contribution in [0.4, 0.5) is 18.9 Å². The summed E-state index contributed by atoms with van der Waals surface area (Å²) in [4.78, 5) is 14.1. The van der Waals surface area contributed by atoms with E-state index in [0.717, 1.165) is 34.4 Å². The number of halogens is 3. The molecule has 0 bridgehead atoms. The van der Waals surface area contributed by atoms with E-state index in [1.165, 1.54) is 12.1 Å². The lowest BCUT2D eigenvalue weighted by atomic mass is 10.2. The van der Waals surface area contributed by atoms with Gasteiger partial charge in [0.25, 0.3) is 5.91 Å². The van der Waals surface area contributed by atoms with Gasteiger partial charge in [0.2, 0.25) is 0 Å². The van der Waals surface area contributed by atoms with Crippen molar-refractivity contribution in [1.82, 2.24) is 0 Å². The fourth-order valence-electron chi connectivity index (χ4n) is 2.37. The van der Waals surface area contributed by atoms with E-state index in [9.17, 15) is 18.0 Å². The van der Waals surface area contributed by atoms with Crippen LogP contribution >= 0.6 is 11.8 Å². The molecule has 27 heavy (non-hydrogen) atoms. The number of nitrogens with one attached hydrogen (secondary N) is 1. The lowest BCUT2D eigenvalue weighted by Crippen LogP contribution is -2.28. The van der Waals surface area contributed by atoms with E-state index >= 15 is 0 Å². The normalized spacial score (nSPS) is 16.1. The number of benzene rings is 2. The van der Waals surface area contributed by atoms with Gasteiger partial charge in [0.15, 0.2) is 5.17 Å². The van der Waals surface area contributed by atoms with Crippen LogP contribution < -0.4 is 14.4 Å². The van der Waals surface area contributed by atoms with Crippen molar-refractivity contribution in [3.63, 3.8) is 0 Å². The fraction of sp³-hybridized carbons (Fsp3) is 0.111. The standard InChI is InChI=1S/C18H13F3N2O3S/c1-25-13-6-2-11(3-7-13)10-15-16(24)23(17(22)27-15)12-4-8-14(9-5-12)26-18(19,20)21/h2-10,22H,1H3. The molecule has 1 saturated heterocycles. The number of carbonyl (C=O) groups is 1. The molecule has 0 spiro atoms. The molecule has 140 valence electrons. The van der Waals surface area contributed by atoms with E-state index in [2.05, 4.69) is 4.74 Å². The van der Waals surface area contributed by atoms with Crippen molar-refractivity contribution in [3.8, 4) is 11.5 Å². The number of thioether (sulfide) groups is 1. The van der Waals surface area contributed by atoms with Gasteiger partial charge in [-0.1, -0.05) is 12.1 Å². The minimum absolute atomic E-state index is 0.0377. The van der Waals surface area contributed by atoms with Gasteiger partial charge in [-0.25, -0.2) is 0 Å². The zero-order chi connectivity index (χ0) is 19.6. The van der Waals surface area contributed by atoms with E-state index in [4.69, 9.17) is 10.1 Å². The Morgan fingerprint density at radius 2 is 1.63 bits per heavy atom. The largest absolute Gasteiger partial charge is 0.573 e. The van der Waals surface area contributed by atoms with Gasteiger partial charge in [-0.2, -0.15) is 0 Å². The first-order valence-electron chi connectivity index (χ1n) is 7.59. The number of methoxy groups -OCH3 is 1. The summed E-state index contributed by atoms with van der Waals surface area (Å²) in [6.07, 6.45) is -3.15. The van der Waals surface area contributed by atoms with Crippen molar-refractivity contribution in [2.45, 2.75) is 6.36 Å². The summed E-state index contributed by atoms with van der Waals surface area (Å²) in [5.41, 5.74) is 1.04. The first-order chi connectivity index (χ1) is 12.8. The molecule has 0 saturated carbocycles. The fourth-order valence-corrected chi connectivity index (χ4v) is 3.23. The molecule has 5 nitrogen and oxygen atoms in total. The molecule has 0 radical (unpaired) electrons. The topological polar surface area (TPSA) is 62.6 Å². The third-order valence-electron chi connectivity index (χ3n) is 3.57. The molecule has 1 fully saturated rings. The summed E-state index contributed by atoms with van der Waals surface area (Å²) < 4.78 is 45.6. The Bertz CT molecular complexity index is 894. The molecule has 9 heteroatoms. The summed E-state index contributed by atoms with van der Waals surface area (Å²) in [6.45, 7) is 0. The predicted molar refractivity (Wildman–Crippen MR) is 96.9 cm³/mol. The van der Waals surface area contributed by atoms with Gasteiger partial charge in [-0.15, -0.1) is 13.2 Å². The van der Waals surface area contributed by atoms with Crippen LogP contribution in [0.25, 0.3) is 6.08 Å². The summed E-state index contributed by atoms with van der Waals surface area (Å²) >= 11 is 0.974. The highest BCUT2D eigenvalue weighted by molar-refractivity contribution is 8.19. The van der Waals surface area contributed by atoms with Crippen LogP contribution in [0.5, 0.6) is 11.5 Å². The Labute approximate surface area is 156 Å². The van der Waals surface area contributed by atoms with Crippen LogP contribution in [-0.4, -0.2) is 24.5 Å². The minimum atomic E-state index is -4.79. The van der Waals surface area contributed by atoms with Crippen molar-refractivity contribution < 1.29 is 27.4 Å². The zero-order valence-corrected chi connectivity index (χ0v) is 14.7. The number of carbonyl (C=O) groups excluding carboxylic acids is 1. The second-order valence-corrected chi connectivity index (χ2v) is 6.40. The number of anilines is 1. The van der Waals surface area contributed by atoms with Gasteiger partial charge in [0, 0.05) is 0 Å². The molecular formula is C18H13F3N2O3S. The highest BCUT2D eigenvalue weighted by atomic mass is 32.2. The van der Waals surface area contributed by atoms with Crippen LogP contribution in [0, 0.1) is 5.41 Å². The molecule has 2 aromatic rings. The van der Waals surface area contributed by atoms with Crippen LogP contribution in [-0.2, 0) is 4.79 Å². The summed E-state index contributed by atoms with van der Waals surface area (Å²) in [7, 11) is 1.55. The first-order valence-corrected chi connectivity index (χ1v) is 8.41. The molecule has 1 heterocycles. The summed E-state index contributed by atoms with van der Waals surface area (Å²) in [5, 5.41) is 7.99. The number of amidine groups is 1. The second kappa shape index (κ2) is 7.36. The average molecular weight is 394 g/mol. The van der Waals surface area contributed by atoms with E-state index in [-0.39, 0.29) is 10.9 Å². The van der Waals surface area contributed by atoms with Gasteiger partial charge in [0.05, 0.1) is 17.7 Å². The Kier molecular flexibility index (Phi) is 5.13. The van der Waals surface area contributed by atoms with E-state index in [1.807, 2.05) is 0 Å². The van der Waals surface area contributed by atoms with Gasteiger partial charge in [-0.3, -0.25) is 15.1 Å². The smallest absolute Gasteiger partial charge is 0.497 e. The Hall–Kier alpha value is -2.94. The molecule has 1 aliphatic heterocycles. The van der Waals surface area contributed by atoms with Crippen LogP contribution in [0.1, 0.15) is 5.56 Å². The molecule has 3 rings (SSSR count). The SMILES string of the molecule is COc1ccc(C=C2SC(=N)N(c3ccc(OC(F)(F)F)cc3)C2=O)cc1. The average Bonchev–Trinajstić information content (AvgIpc) is 2.89. The lowest BCUT2D eigenvalue weighted by Gasteiger charge is -2.15. The highest BCUT2D eigenvalue weighted by Gasteiger charge is 2.34. The maximum atomic E-state index is 12.6. The van der Waals surface area contributed by atoms with E-state index in [0.29, 0.717) is 10.7 Å². The van der Waals surface area contributed by atoms with Crippen LogP contribution in [0.3, 0.4) is 0 Å². The number of ether oxygens (including phenoxy) is 2. The summed E-state index contributed by atoms with van der Waals surface area (Å²) in [5.74, 6) is -0.144.